The minimum absolute atomic E-state index is 0.104. The summed E-state index contributed by atoms with van der Waals surface area (Å²) >= 11 is 0. The molecule has 62 heavy (non-hydrogen) atoms. The van der Waals surface area contributed by atoms with E-state index in [1.807, 2.05) is 6.07 Å². The highest BCUT2D eigenvalue weighted by Crippen LogP contribution is 2.70. The van der Waals surface area contributed by atoms with Crippen molar-refractivity contribution in [1.29, 1.82) is 0 Å². The molecule has 0 atom stereocenters. The van der Waals surface area contributed by atoms with Gasteiger partial charge in [-0.3, -0.25) is 0 Å². The van der Waals surface area contributed by atoms with E-state index in [9.17, 15) is 0 Å². The Morgan fingerprint density at radius 1 is 0.339 bits per heavy atom. The van der Waals surface area contributed by atoms with Crippen molar-refractivity contribution in [3.05, 3.63) is 205 Å². The summed E-state index contributed by atoms with van der Waals surface area (Å²) in [6.45, 7) is 0. The lowest BCUT2D eigenvalue weighted by atomic mass is 9.43. The lowest BCUT2D eigenvalue weighted by Crippen LogP contribution is -2.55. The molecule has 0 amide bonds. The monoisotopic (exact) mass is 794 g/mol. The van der Waals surface area contributed by atoms with Crippen LogP contribution in [-0.2, 0) is 5.41 Å². The Bertz CT molecular complexity index is 3150. The van der Waals surface area contributed by atoms with Gasteiger partial charge in [0.25, 0.3) is 0 Å². The molecule has 2 nitrogen and oxygen atoms in total. The largest absolute Gasteiger partial charge is 0.228 e. The summed E-state index contributed by atoms with van der Waals surface area (Å²) in [5.41, 5.74) is 18.7. The van der Waals surface area contributed by atoms with E-state index >= 15 is 0 Å². The average Bonchev–Trinajstić information content (AvgIpc) is 3.62. The molecule has 4 saturated carbocycles. The topological polar surface area (TPSA) is 25.8 Å². The smallest absolute Gasteiger partial charge is 0.160 e. The van der Waals surface area contributed by atoms with Crippen molar-refractivity contribution in [2.75, 3.05) is 0 Å². The van der Waals surface area contributed by atoms with Gasteiger partial charge in [0.2, 0.25) is 0 Å². The molecular formula is C60H46N2. The first-order valence-corrected chi connectivity index (χ1v) is 22.6. The van der Waals surface area contributed by atoms with Crippen LogP contribution in [0.1, 0.15) is 43.2 Å². The van der Waals surface area contributed by atoms with Crippen molar-refractivity contribution in [2.45, 2.75) is 37.5 Å². The maximum absolute atomic E-state index is 5.19. The Morgan fingerprint density at radius 2 is 0.887 bits per heavy atom. The van der Waals surface area contributed by atoms with Gasteiger partial charge in [0.15, 0.2) is 5.82 Å². The number of fused-ring (bicyclic) bond motifs is 4. The van der Waals surface area contributed by atoms with Crippen LogP contribution in [0.25, 0.3) is 89.2 Å². The van der Waals surface area contributed by atoms with Crippen LogP contribution in [-0.4, -0.2) is 9.97 Å². The van der Waals surface area contributed by atoms with E-state index in [0.29, 0.717) is 0 Å². The molecule has 1 aromatic heterocycles. The highest BCUT2D eigenvalue weighted by atomic mass is 14.9. The third-order valence-electron chi connectivity index (χ3n) is 15.3. The molecular weight excluding hydrogens is 749 g/mol. The van der Waals surface area contributed by atoms with Crippen LogP contribution >= 0.6 is 0 Å². The Hall–Kier alpha value is -6.90. The molecule has 4 bridgehead atoms. The molecule has 14 rings (SSSR count). The summed E-state index contributed by atoms with van der Waals surface area (Å²) in [6, 6.07) is 71.4. The molecule has 1 spiro atoms. The molecule has 9 aromatic rings. The van der Waals surface area contributed by atoms with Crippen molar-refractivity contribution in [1.82, 2.24) is 9.97 Å². The third-order valence-corrected chi connectivity index (χ3v) is 15.3. The Labute approximate surface area is 364 Å². The second-order valence-corrected chi connectivity index (χ2v) is 18.5. The highest BCUT2D eigenvalue weighted by Gasteiger charge is 2.61. The standard InChI is InChI=1S/C60H46N2/c1-3-13-40(14-4-1)44-19-11-20-47(34-44)57-37-56(61-59(62-57)43-15-5-2-6-16-43)42-27-25-41(26-28-42)50-21-9-10-22-51(50)52-23-12-24-54-58(52)53-35-45-17-7-8-18-46(45)36-55(53)60(54)48-30-38-29-39(32-48)33-49(60)31-38/h1-28,34-39,48-49H,29-33H2. The summed E-state index contributed by atoms with van der Waals surface area (Å²) in [5.74, 6) is 3.98. The normalized spacial score (nSPS) is 21.6. The van der Waals surface area contributed by atoms with Gasteiger partial charge in [-0.25, -0.2) is 9.97 Å². The van der Waals surface area contributed by atoms with Gasteiger partial charge < -0.3 is 0 Å². The lowest BCUT2D eigenvalue weighted by molar-refractivity contribution is -0.0398. The van der Waals surface area contributed by atoms with Crippen LogP contribution < -0.4 is 0 Å². The van der Waals surface area contributed by atoms with E-state index < -0.39 is 0 Å². The molecule has 296 valence electrons. The summed E-state index contributed by atoms with van der Waals surface area (Å²) in [6.07, 6.45) is 6.99. The fraction of sp³-hybridized carbons (Fsp3) is 0.167. The third kappa shape index (κ3) is 5.55. The summed E-state index contributed by atoms with van der Waals surface area (Å²) < 4.78 is 0. The van der Waals surface area contributed by atoms with Crippen LogP contribution in [0.2, 0.25) is 0 Å². The quantitative estimate of drug-likeness (QED) is 0.168. The molecule has 5 aliphatic carbocycles. The predicted molar refractivity (Wildman–Crippen MR) is 255 cm³/mol. The van der Waals surface area contributed by atoms with Gasteiger partial charge in [0.05, 0.1) is 11.4 Å². The first kappa shape index (κ1) is 35.8. The van der Waals surface area contributed by atoms with Crippen molar-refractivity contribution < 1.29 is 0 Å². The van der Waals surface area contributed by atoms with E-state index in [4.69, 9.17) is 9.97 Å². The minimum Gasteiger partial charge on any atom is -0.228 e. The molecule has 5 aliphatic rings. The van der Waals surface area contributed by atoms with E-state index in [1.54, 1.807) is 11.1 Å². The summed E-state index contributed by atoms with van der Waals surface area (Å²) in [4.78, 5) is 10.3. The van der Waals surface area contributed by atoms with Crippen LogP contribution in [0.3, 0.4) is 0 Å². The van der Waals surface area contributed by atoms with Gasteiger partial charge in [-0.15, -0.1) is 0 Å². The highest BCUT2D eigenvalue weighted by molar-refractivity contribution is 6.01. The van der Waals surface area contributed by atoms with E-state index in [1.165, 1.54) is 87.4 Å². The van der Waals surface area contributed by atoms with E-state index in [-0.39, 0.29) is 5.41 Å². The van der Waals surface area contributed by atoms with Crippen molar-refractivity contribution in [3.8, 4) is 78.4 Å². The van der Waals surface area contributed by atoms with Crippen LogP contribution in [0.4, 0.5) is 0 Å². The molecule has 0 saturated heterocycles. The molecule has 2 heteroatoms. The zero-order valence-corrected chi connectivity index (χ0v) is 34.7. The van der Waals surface area contributed by atoms with Crippen molar-refractivity contribution in [3.63, 3.8) is 0 Å². The van der Waals surface area contributed by atoms with Gasteiger partial charge in [-0.1, -0.05) is 170 Å². The van der Waals surface area contributed by atoms with Gasteiger partial charge in [0.1, 0.15) is 0 Å². The van der Waals surface area contributed by atoms with E-state index in [2.05, 4.69) is 188 Å². The molecule has 0 N–H and O–H groups in total. The SMILES string of the molecule is c1ccc(-c2cccc(-c3cc(-c4ccc(-c5ccccc5-c5cccc6c5-c5cc7ccccc7cc5C65C6CC7CC(C6)CC5C7)cc4)nc(-c4ccccc4)n3)c2)cc1. The van der Waals surface area contributed by atoms with Gasteiger partial charge >= 0.3 is 0 Å². The number of hydrogen-bond acceptors (Lipinski definition) is 2. The fourth-order valence-corrected chi connectivity index (χ4v) is 12.9. The Kier molecular flexibility index (Phi) is 8.13. The molecule has 0 unspecified atom stereocenters. The molecule has 0 aliphatic heterocycles. The minimum atomic E-state index is 0.104. The molecule has 4 fully saturated rings. The zero-order valence-electron chi connectivity index (χ0n) is 34.7. The molecule has 1 heterocycles. The maximum atomic E-state index is 5.19. The number of rotatable bonds is 6. The Balaban J connectivity index is 0.925. The second-order valence-electron chi connectivity index (χ2n) is 18.5. The van der Waals surface area contributed by atoms with Crippen molar-refractivity contribution >= 4 is 10.8 Å². The zero-order chi connectivity index (χ0) is 40.8. The van der Waals surface area contributed by atoms with E-state index in [0.717, 1.165) is 57.6 Å². The number of benzene rings is 8. The lowest BCUT2D eigenvalue weighted by Gasteiger charge is -2.61. The number of hydrogen-bond donors (Lipinski definition) is 0. The first-order valence-electron chi connectivity index (χ1n) is 22.6. The molecule has 0 radical (unpaired) electrons. The number of aromatic nitrogens is 2. The Morgan fingerprint density at radius 3 is 1.61 bits per heavy atom. The summed E-state index contributed by atoms with van der Waals surface area (Å²) in [7, 11) is 0. The average molecular weight is 795 g/mol. The van der Waals surface area contributed by atoms with Crippen LogP contribution in [0, 0.1) is 23.7 Å². The van der Waals surface area contributed by atoms with Crippen molar-refractivity contribution in [2.24, 2.45) is 23.7 Å². The van der Waals surface area contributed by atoms with Crippen LogP contribution in [0.5, 0.6) is 0 Å². The fourth-order valence-electron chi connectivity index (χ4n) is 12.9. The number of nitrogens with zero attached hydrogens (tertiary/aromatic N) is 2. The summed E-state index contributed by atoms with van der Waals surface area (Å²) in [5, 5.41) is 2.71. The van der Waals surface area contributed by atoms with Crippen LogP contribution in [0.15, 0.2) is 194 Å². The second kappa shape index (κ2) is 14.1. The molecule has 8 aromatic carbocycles. The predicted octanol–water partition coefficient (Wildman–Crippen LogP) is 15.4. The maximum Gasteiger partial charge on any atom is 0.160 e. The van der Waals surface area contributed by atoms with Gasteiger partial charge in [-0.2, -0.15) is 0 Å². The van der Waals surface area contributed by atoms with Gasteiger partial charge in [-0.05, 0) is 146 Å². The van der Waals surface area contributed by atoms with Gasteiger partial charge in [0, 0.05) is 22.1 Å². The first-order chi connectivity index (χ1) is 30.7.